The minimum Gasteiger partial charge on any atom is -0.480 e. The van der Waals surface area contributed by atoms with Gasteiger partial charge in [-0.2, -0.15) is 0 Å². The van der Waals surface area contributed by atoms with Crippen LogP contribution in [-0.2, 0) is 9.53 Å². The highest BCUT2D eigenvalue weighted by Gasteiger charge is 2.46. The summed E-state index contributed by atoms with van der Waals surface area (Å²) in [5.74, 6) is -2.75. The molecule has 3 N–H and O–H groups in total. The average Bonchev–Trinajstić information content (AvgIpc) is 3.14. The lowest BCUT2D eigenvalue weighted by atomic mass is 9.76. The molecule has 178 valence electrons. The maximum atomic E-state index is 13.9. The molecule has 5 rings (SSSR count). The van der Waals surface area contributed by atoms with E-state index in [0.717, 1.165) is 34.4 Å². The molecule has 3 aromatic carbocycles. The Bertz CT molecular complexity index is 1290. The lowest BCUT2D eigenvalue weighted by Crippen LogP contribution is -2.59. The van der Waals surface area contributed by atoms with E-state index in [1.54, 1.807) is 0 Å². The van der Waals surface area contributed by atoms with Crippen molar-refractivity contribution >= 4 is 23.7 Å². The number of fused-ring (bicyclic) bond motifs is 3. The minimum atomic E-state index is -1.37. The van der Waals surface area contributed by atoms with E-state index in [2.05, 4.69) is 10.6 Å². The summed E-state index contributed by atoms with van der Waals surface area (Å²) in [5.41, 5.74) is 2.79. The van der Waals surface area contributed by atoms with E-state index in [4.69, 9.17) is 4.74 Å². The summed E-state index contributed by atoms with van der Waals surface area (Å²) in [5, 5.41) is 14.5. The van der Waals surface area contributed by atoms with Gasteiger partial charge >= 0.3 is 12.1 Å². The number of hydrogen-bond acceptors (Lipinski definition) is 4. The van der Waals surface area contributed by atoms with E-state index in [1.807, 2.05) is 48.5 Å². The first-order valence-corrected chi connectivity index (χ1v) is 11.4. The molecule has 1 saturated carbocycles. The molecule has 0 aromatic heterocycles. The first kappa shape index (κ1) is 22.6. The second kappa shape index (κ2) is 8.87. The van der Waals surface area contributed by atoms with Gasteiger partial charge in [0.25, 0.3) is 5.91 Å². The van der Waals surface area contributed by atoms with Crippen molar-refractivity contribution in [2.75, 3.05) is 11.9 Å². The zero-order valence-electron chi connectivity index (χ0n) is 18.7. The van der Waals surface area contributed by atoms with Crippen LogP contribution in [0.3, 0.4) is 0 Å². The van der Waals surface area contributed by atoms with Gasteiger partial charge in [0.1, 0.15) is 18.0 Å². The number of halogens is 1. The minimum absolute atomic E-state index is 0.0287. The number of carboxylic acids is 1. The predicted octanol–water partition coefficient (Wildman–Crippen LogP) is 4.92. The number of carbonyl (C=O) groups is 3. The summed E-state index contributed by atoms with van der Waals surface area (Å²) < 4.78 is 19.4. The van der Waals surface area contributed by atoms with Crippen molar-refractivity contribution in [3.63, 3.8) is 0 Å². The Hall–Kier alpha value is -4.20. The van der Waals surface area contributed by atoms with Crippen LogP contribution in [0.25, 0.3) is 11.1 Å². The van der Waals surface area contributed by atoms with Gasteiger partial charge in [0, 0.05) is 5.92 Å². The van der Waals surface area contributed by atoms with Crippen LogP contribution in [0.5, 0.6) is 0 Å². The second-order valence-electron chi connectivity index (χ2n) is 8.84. The van der Waals surface area contributed by atoms with Gasteiger partial charge in [-0.25, -0.2) is 14.0 Å². The lowest BCUT2D eigenvalue weighted by molar-refractivity contribution is -0.148. The molecule has 0 atom stereocenters. The number of anilines is 1. The van der Waals surface area contributed by atoms with Gasteiger partial charge in [-0.15, -0.1) is 0 Å². The monoisotopic (exact) mass is 474 g/mol. The van der Waals surface area contributed by atoms with Crippen LogP contribution in [-0.4, -0.2) is 35.2 Å². The summed E-state index contributed by atoms with van der Waals surface area (Å²) in [6, 6.07) is 19.2. The number of carbonyl (C=O) groups excluding carboxylic acids is 2. The first-order chi connectivity index (χ1) is 16.9. The molecule has 0 radical (unpaired) electrons. The average molecular weight is 474 g/mol. The SMILES string of the molecule is O=C(Nc1ccc(F)cc1C(=O)NC1(C(=O)O)CCC1)OCC1c2ccccc2-c2ccccc21. The van der Waals surface area contributed by atoms with E-state index < -0.39 is 29.3 Å². The second-order valence-corrected chi connectivity index (χ2v) is 8.84. The number of nitrogens with one attached hydrogen (secondary N) is 2. The fourth-order valence-corrected chi connectivity index (χ4v) is 4.77. The number of benzene rings is 3. The van der Waals surface area contributed by atoms with Crippen molar-refractivity contribution in [2.45, 2.75) is 30.7 Å². The molecule has 0 saturated heterocycles. The number of hydrogen-bond donors (Lipinski definition) is 3. The third-order valence-electron chi connectivity index (χ3n) is 6.78. The van der Waals surface area contributed by atoms with Crippen molar-refractivity contribution in [1.82, 2.24) is 5.32 Å². The van der Waals surface area contributed by atoms with Gasteiger partial charge in [0.05, 0.1) is 11.3 Å². The number of aliphatic carboxylic acids is 1. The van der Waals surface area contributed by atoms with Gasteiger partial charge in [-0.1, -0.05) is 48.5 Å². The van der Waals surface area contributed by atoms with Crippen LogP contribution < -0.4 is 10.6 Å². The van der Waals surface area contributed by atoms with Gasteiger partial charge in [-0.3, -0.25) is 10.1 Å². The Labute approximate surface area is 200 Å². The van der Waals surface area contributed by atoms with Crippen LogP contribution in [0.15, 0.2) is 66.7 Å². The van der Waals surface area contributed by atoms with Crippen LogP contribution in [0.1, 0.15) is 46.7 Å². The van der Waals surface area contributed by atoms with Crippen LogP contribution in [0.2, 0.25) is 0 Å². The molecule has 35 heavy (non-hydrogen) atoms. The summed E-state index contributed by atoms with van der Waals surface area (Å²) >= 11 is 0. The standard InChI is InChI=1S/C27H23FN2O5/c28-16-10-11-23(21(14-16)24(31)30-27(25(32)33)12-5-13-27)29-26(34)35-15-22-19-8-3-1-6-17(19)18-7-2-4-9-20(18)22/h1-4,6-11,14,22H,5,12-13,15H2,(H,29,34)(H,30,31)(H,32,33). The lowest BCUT2D eigenvalue weighted by Gasteiger charge is -2.38. The molecular weight excluding hydrogens is 451 g/mol. The summed E-state index contributed by atoms with van der Waals surface area (Å²) in [6.45, 7) is 0.0741. The summed E-state index contributed by atoms with van der Waals surface area (Å²) in [4.78, 5) is 37.1. The topological polar surface area (TPSA) is 105 Å². The smallest absolute Gasteiger partial charge is 0.411 e. The van der Waals surface area contributed by atoms with E-state index in [9.17, 15) is 23.9 Å². The van der Waals surface area contributed by atoms with E-state index in [1.165, 1.54) is 6.07 Å². The van der Waals surface area contributed by atoms with Crippen molar-refractivity contribution in [1.29, 1.82) is 0 Å². The third-order valence-corrected chi connectivity index (χ3v) is 6.78. The van der Waals surface area contributed by atoms with Gasteiger partial charge < -0.3 is 15.2 Å². The van der Waals surface area contributed by atoms with E-state index in [-0.39, 0.29) is 23.8 Å². The third kappa shape index (κ3) is 4.12. The van der Waals surface area contributed by atoms with E-state index in [0.29, 0.717) is 19.3 Å². The van der Waals surface area contributed by atoms with Gasteiger partial charge in [0.15, 0.2) is 0 Å². The Morgan fingerprint density at radius 1 is 0.971 bits per heavy atom. The molecule has 2 aliphatic carbocycles. The number of rotatable bonds is 6. The number of carboxylic acid groups (broad SMARTS) is 1. The first-order valence-electron chi connectivity index (χ1n) is 11.4. The molecule has 0 bridgehead atoms. The Morgan fingerprint density at radius 2 is 1.60 bits per heavy atom. The van der Waals surface area contributed by atoms with Gasteiger partial charge in [-0.05, 0) is 59.7 Å². The molecule has 2 aliphatic rings. The maximum absolute atomic E-state index is 13.9. The molecule has 2 amide bonds. The fraction of sp³-hybridized carbons (Fsp3) is 0.222. The Balaban J connectivity index is 1.31. The highest BCUT2D eigenvalue weighted by Crippen LogP contribution is 2.44. The van der Waals surface area contributed by atoms with Gasteiger partial charge in [0.2, 0.25) is 0 Å². The quantitative estimate of drug-likeness (QED) is 0.470. The van der Waals surface area contributed by atoms with Crippen molar-refractivity contribution in [2.24, 2.45) is 0 Å². The van der Waals surface area contributed by atoms with Crippen molar-refractivity contribution in [3.05, 3.63) is 89.2 Å². The highest BCUT2D eigenvalue weighted by molar-refractivity contribution is 6.04. The summed E-state index contributed by atoms with van der Waals surface area (Å²) in [6.07, 6.45) is 0.446. The number of ether oxygens (including phenoxy) is 1. The van der Waals surface area contributed by atoms with Crippen molar-refractivity contribution in [3.8, 4) is 11.1 Å². The van der Waals surface area contributed by atoms with Crippen molar-refractivity contribution < 1.29 is 28.6 Å². The maximum Gasteiger partial charge on any atom is 0.411 e. The molecule has 7 nitrogen and oxygen atoms in total. The molecule has 3 aromatic rings. The molecular formula is C27H23FN2O5. The number of amides is 2. The normalized spacial score (nSPS) is 15.3. The predicted molar refractivity (Wildman–Crippen MR) is 127 cm³/mol. The molecule has 0 spiro atoms. The van der Waals surface area contributed by atoms with Crippen LogP contribution in [0, 0.1) is 5.82 Å². The molecule has 8 heteroatoms. The largest absolute Gasteiger partial charge is 0.480 e. The zero-order valence-corrected chi connectivity index (χ0v) is 18.7. The molecule has 0 heterocycles. The Morgan fingerprint density at radius 3 is 2.17 bits per heavy atom. The fourth-order valence-electron chi connectivity index (χ4n) is 4.77. The van der Waals surface area contributed by atoms with E-state index >= 15 is 0 Å². The summed E-state index contributed by atoms with van der Waals surface area (Å²) in [7, 11) is 0. The molecule has 0 unspecified atom stereocenters. The molecule has 0 aliphatic heterocycles. The van der Waals surface area contributed by atoms with Crippen LogP contribution in [0.4, 0.5) is 14.9 Å². The highest BCUT2D eigenvalue weighted by atomic mass is 19.1. The zero-order chi connectivity index (χ0) is 24.6. The van der Waals surface area contributed by atoms with Crippen LogP contribution >= 0.6 is 0 Å². The molecule has 1 fully saturated rings. The Kier molecular flexibility index (Phi) is 5.72.